The second-order valence-corrected chi connectivity index (χ2v) is 6.10. The van der Waals surface area contributed by atoms with E-state index in [9.17, 15) is 0 Å². The molecule has 1 aliphatic carbocycles. The zero-order valence-electron chi connectivity index (χ0n) is 12.5. The van der Waals surface area contributed by atoms with Crippen LogP contribution in [-0.2, 0) is 0 Å². The highest BCUT2D eigenvalue weighted by Gasteiger charge is 2.56. The molecule has 4 rings (SSSR count). The maximum absolute atomic E-state index is 4.10. The molecule has 0 N–H and O–H groups in total. The van der Waals surface area contributed by atoms with Gasteiger partial charge < -0.3 is 0 Å². The third-order valence-corrected chi connectivity index (χ3v) is 4.78. The van der Waals surface area contributed by atoms with Crippen LogP contribution in [0.5, 0.6) is 0 Å². The molecular weight excluding hydrogens is 256 g/mol. The summed E-state index contributed by atoms with van der Waals surface area (Å²) >= 11 is 0. The van der Waals surface area contributed by atoms with E-state index in [-0.39, 0.29) is 0 Å². The molecule has 2 heteroatoms. The SMILES string of the molecule is CC1CC=CC2=C1[N+]2(C)c1cccc(-c2ccncc2)c1. The van der Waals surface area contributed by atoms with E-state index in [1.807, 2.05) is 12.4 Å². The predicted molar refractivity (Wildman–Crippen MR) is 87.3 cm³/mol. The van der Waals surface area contributed by atoms with Crippen molar-refractivity contribution in [1.29, 1.82) is 0 Å². The van der Waals surface area contributed by atoms with E-state index in [1.54, 1.807) is 5.70 Å². The van der Waals surface area contributed by atoms with Crippen LogP contribution in [0, 0.1) is 5.92 Å². The van der Waals surface area contributed by atoms with Crippen LogP contribution in [0.4, 0.5) is 5.69 Å². The molecule has 1 aromatic carbocycles. The fraction of sp³-hybridized carbons (Fsp3) is 0.211. The quantitative estimate of drug-likeness (QED) is 0.735. The number of pyridine rings is 1. The first kappa shape index (κ1) is 12.5. The lowest BCUT2D eigenvalue weighted by Gasteiger charge is -2.17. The van der Waals surface area contributed by atoms with Crippen molar-refractivity contribution in [2.75, 3.05) is 7.05 Å². The fourth-order valence-electron chi connectivity index (χ4n) is 3.58. The first-order valence-corrected chi connectivity index (χ1v) is 7.50. The molecule has 104 valence electrons. The van der Waals surface area contributed by atoms with Crippen LogP contribution >= 0.6 is 0 Å². The smallest absolute Gasteiger partial charge is 0.200 e. The lowest BCUT2D eigenvalue weighted by atomic mass is 10.0. The molecule has 2 unspecified atom stereocenters. The summed E-state index contributed by atoms with van der Waals surface area (Å²) in [5.74, 6) is 0.652. The summed E-state index contributed by atoms with van der Waals surface area (Å²) < 4.78 is 0.899. The van der Waals surface area contributed by atoms with Crippen molar-refractivity contribution in [3.8, 4) is 11.1 Å². The highest BCUT2D eigenvalue weighted by Crippen LogP contribution is 2.53. The largest absolute Gasteiger partial charge is 0.265 e. The van der Waals surface area contributed by atoms with Crippen molar-refractivity contribution >= 4 is 5.69 Å². The van der Waals surface area contributed by atoms with E-state index >= 15 is 0 Å². The van der Waals surface area contributed by atoms with E-state index < -0.39 is 0 Å². The lowest BCUT2D eigenvalue weighted by molar-refractivity contribution is 0.574. The van der Waals surface area contributed by atoms with Gasteiger partial charge in [0, 0.05) is 30.5 Å². The van der Waals surface area contributed by atoms with Crippen LogP contribution in [-0.4, -0.2) is 12.0 Å². The summed E-state index contributed by atoms with van der Waals surface area (Å²) in [4.78, 5) is 4.10. The number of quaternary nitrogens is 1. The monoisotopic (exact) mass is 275 g/mol. The van der Waals surface area contributed by atoms with Gasteiger partial charge >= 0.3 is 0 Å². The van der Waals surface area contributed by atoms with Crippen molar-refractivity contribution in [2.45, 2.75) is 13.3 Å². The maximum atomic E-state index is 4.10. The number of hydrogen-bond acceptors (Lipinski definition) is 1. The molecule has 0 fully saturated rings. The van der Waals surface area contributed by atoms with Crippen LogP contribution in [0.2, 0.25) is 0 Å². The van der Waals surface area contributed by atoms with E-state index in [4.69, 9.17) is 0 Å². The van der Waals surface area contributed by atoms with Gasteiger partial charge in [0.15, 0.2) is 5.70 Å². The minimum atomic E-state index is 0.652. The molecule has 0 radical (unpaired) electrons. The molecule has 2 aromatic rings. The van der Waals surface area contributed by atoms with Gasteiger partial charge in [-0.2, -0.15) is 0 Å². The van der Waals surface area contributed by atoms with Crippen molar-refractivity contribution in [3.05, 3.63) is 72.3 Å². The van der Waals surface area contributed by atoms with Crippen molar-refractivity contribution in [3.63, 3.8) is 0 Å². The molecule has 1 aliphatic heterocycles. The molecule has 0 saturated carbocycles. The Hall–Kier alpha value is -2.19. The number of aromatic nitrogens is 1. The first-order valence-electron chi connectivity index (χ1n) is 7.50. The standard InChI is InChI=1S/C19H19N2/c1-14-5-3-8-18-19(14)21(18,2)17-7-4-6-16(13-17)15-9-11-20-12-10-15/h3-4,6-14H,5H2,1-2H3/q+1. The van der Waals surface area contributed by atoms with Crippen molar-refractivity contribution < 1.29 is 0 Å². The summed E-state index contributed by atoms with van der Waals surface area (Å²) in [7, 11) is 2.31. The van der Waals surface area contributed by atoms with Gasteiger partial charge in [0.25, 0.3) is 0 Å². The Labute approximate surface area is 125 Å². The molecule has 0 bridgehead atoms. The Morgan fingerprint density at radius 3 is 2.67 bits per heavy atom. The van der Waals surface area contributed by atoms with Crippen LogP contribution in [0.25, 0.3) is 11.1 Å². The second kappa shape index (κ2) is 4.40. The molecule has 21 heavy (non-hydrogen) atoms. The minimum absolute atomic E-state index is 0.652. The van der Waals surface area contributed by atoms with Gasteiger partial charge in [-0.25, -0.2) is 4.48 Å². The zero-order valence-corrected chi connectivity index (χ0v) is 12.5. The van der Waals surface area contributed by atoms with Gasteiger partial charge in [-0.15, -0.1) is 0 Å². The number of benzene rings is 1. The van der Waals surface area contributed by atoms with Gasteiger partial charge in [-0.3, -0.25) is 4.98 Å². The van der Waals surface area contributed by atoms with Gasteiger partial charge in [-0.05, 0) is 35.7 Å². The molecule has 2 aliphatic rings. The summed E-state index contributed by atoms with van der Waals surface area (Å²) in [6.45, 7) is 2.33. The molecular formula is C19H19N2+. The highest BCUT2D eigenvalue weighted by molar-refractivity contribution is 5.74. The average Bonchev–Trinajstić information content (AvgIpc) is 3.17. The molecule has 1 aromatic heterocycles. The molecule has 2 heterocycles. The molecule has 0 amide bonds. The first-order chi connectivity index (χ1) is 10.2. The molecule has 0 saturated heterocycles. The summed E-state index contributed by atoms with van der Waals surface area (Å²) in [5.41, 5.74) is 6.88. The Morgan fingerprint density at radius 1 is 1.10 bits per heavy atom. The lowest BCUT2D eigenvalue weighted by Crippen LogP contribution is -2.25. The Kier molecular flexibility index (Phi) is 2.63. The Balaban J connectivity index is 1.74. The van der Waals surface area contributed by atoms with Crippen LogP contribution in [0.1, 0.15) is 13.3 Å². The number of allylic oxidation sites excluding steroid dienone is 3. The fourth-order valence-corrected chi connectivity index (χ4v) is 3.58. The summed E-state index contributed by atoms with van der Waals surface area (Å²) in [6, 6.07) is 13.0. The normalized spacial score (nSPS) is 26.7. The maximum Gasteiger partial charge on any atom is 0.200 e. The van der Waals surface area contributed by atoms with E-state index in [1.165, 1.54) is 22.5 Å². The topological polar surface area (TPSA) is 12.9 Å². The van der Waals surface area contributed by atoms with Crippen molar-refractivity contribution in [2.24, 2.45) is 5.92 Å². The number of rotatable bonds is 2. The van der Waals surface area contributed by atoms with Crippen LogP contribution in [0.3, 0.4) is 0 Å². The van der Waals surface area contributed by atoms with E-state index in [0.717, 1.165) is 10.9 Å². The molecule has 0 spiro atoms. The number of likely N-dealkylation sites (N-methyl/N-ethyl adjacent to an activating group) is 1. The van der Waals surface area contributed by atoms with Gasteiger partial charge in [0.05, 0.1) is 7.05 Å². The van der Waals surface area contributed by atoms with Gasteiger partial charge in [0.2, 0.25) is 5.70 Å². The summed E-state index contributed by atoms with van der Waals surface area (Å²) in [5, 5.41) is 0. The number of hydrogen-bond donors (Lipinski definition) is 0. The Morgan fingerprint density at radius 2 is 1.90 bits per heavy atom. The van der Waals surface area contributed by atoms with E-state index in [0.29, 0.717) is 5.92 Å². The van der Waals surface area contributed by atoms with Gasteiger partial charge in [0.1, 0.15) is 5.69 Å². The third kappa shape index (κ3) is 1.79. The highest BCUT2D eigenvalue weighted by atomic mass is 15.5. The third-order valence-electron chi connectivity index (χ3n) is 4.78. The minimum Gasteiger partial charge on any atom is -0.265 e. The summed E-state index contributed by atoms with van der Waals surface area (Å²) in [6.07, 6.45) is 9.47. The van der Waals surface area contributed by atoms with Crippen LogP contribution in [0.15, 0.2) is 72.3 Å². The predicted octanol–water partition coefficient (Wildman–Crippen LogP) is 4.51. The Bertz CT molecular complexity index is 758. The van der Waals surface area contributed by atoms with E-state index in [2.05, 4.69) is 67.5 Å². The van der Waals surface area contributed by atoms with Crippen LogP contribution < -0.4 is 4.48 Å². The average molecular weight is 275 g/mol. The zero-order chi connectivity index (χ0) is 14.4. The molecule has 2 atom stereocenters. The number of nitrogens with zero attached hydrogens (tertiary/aromatic N) is 2. The second-order valence-electron chi connectivity index (χ2n) is 6.10. The van der Waals surface area contributed by atoms with Crippen molar-refractivity contribution in [1.82, 2.24) is 9.47 Å². The molecule has 2 nitrogen and oxygen atoms in total. The van der Waals surface area contributed by atoms with Gasteiger partial charge in [-0.1, -0.05) is 25.1 Å².